The number of anilines is 1. The monoisotopic (exact) mass is 292 g/mol. The Morgan fingerprint density at radius 3 is 2.95 bits per heavy atom. The summed E-state index contributed by atoms with van der Waals surface area (Å²) in [6.45, 7) is 1.97. The number of nitrogens with zero attached hydrogens (tertiary/aromatic N) is 3. The molecule has 0 radical (unpaired) electrons. The number of pyridine rings is 1. The molecule has 0 aliphatic rings. The molecule has 0 saturated carbocycles. The molecule has 3 rings (SSSR count). The van der Waals surface area contributed by atoms with Crippen molar-refractivity contribution in [3.8, 4) is 23.0 Å². The molecule has 0 aromatic carbocycles. The van der Waals surface area contributed by atoms with Gasteiger partial charge in [0.2, 0.25) is 5.82 Å². The van der Waals surface area contributed by atoms with Gasteiger partial charge in [0.05, 0.1) is 15.6 Å². The second-order valence-corrected chi connectivity index (χ2v) is 5.59. The lowest BCUT2D eigenvalue weighted by atomic mass is 10.3. The first kappa shape index (κ1) is 12.1. The lowest BCUT2D eigenvalue weighted by molar-refractivity contribution is 0.432. The summed E-state index contributed by atoms with van der Waals surface area (Å²) in [5, 5.41) is 5.02. The van der Waals surface area contributed by atoms with E-state index in [-0.39, 0.29) is 0 Å². The van der Waals surface area contributed by atoms with Gasteiger partial charge in [0, 0.05) is 11.1 Å². The van der Waals surface area contributed by atoms with Crippen molar-refractivity contribution >= 4 is 27.9 Å². The summed E-state index contributed by atoms with van der Waals surface area (Å²) in [5.74, 6) is 0.724. The standard InChI is InChI=1S/C12H9ClN4OS/c1-6-5-7(10(14)19-6)12-16-11(17-18-12)9-8(13)3-2-4-15-9/h2-5H,14H2,1H3. The topological polar surface area (TPSA) is 77.8 Å². The van der Waals surface area contributed by atoms with Gasteiger partial charge in [-0.25, -0.2) is 0 Å². The number of hydrogen-bond acceptors (Lipinski definition) is 6. The molecule has 0 saturated heterocycles. The number of hydrogen-bond donors (Lipinski definition) is 1. The second kappa shape index (κ2) is 4.64. The SMILES string of the molecule is Cc1cc(-c2nc(-c3ncccc3Cl)no2)c(N)s1. The fraction of sp³-hybridized carbons (Fsp3) is 0.0833. The summed E-state index contributed by atoms with van der Waals surface area (Å²) >= 11 is 7.52. The van der Waals surface area contributed by atoms with E-state index in [0.717, 1.165) is 10.4 Å². The van der Waals surface area contributed by atoms with E-state index in [0.29, 0.717) is 27.4 Å². The van der Waals surface area contributed by atoms with Gasteiger partial charge in [0.15, 0.2) is 0 Å². The minimum Gasteiger partial charge on any atom is -0.390 e. The van der Waals surface area contributed by atoms with Crippen molar-refractivity contribution in [2.24, 2.45) is 0 Å². The van der Waals surface area contributed by atoms with Gasteiger partial charge in [0.25, 0.3) is 5.89 Å². The number of thiophene rings is 1. The molecule has 7 heteroatoms. The Hall–Kier alpha value is -1.92. The number of nitrogens with two attached hydrogens (primary N) is 1. The number of nitrogen functional groups attached to an aromatic ring is 1. The van der Waals surface area contributed by atoms with E-state index in [1.165, 1.54) is 11.3 Å². The predicted octanol–water partition coefficient (Wildman–Crippen LogP) is 3.40. The van der Waals surface area contributed by atoms with Crippen LogP contribution in [0.1, 0.15) is 4.88 Å². The lowest BCUT2D eigenvalue weighted by Crippen LogP contribution is -1.87. The minimum atomic E-state index is 0.351. The van der Waals surface area contributed by atoms with Crippen molar-refractivity contribution < 1.29 is 4.52 Å². The van der Waals surface area contributed by atoms with E-state index >= 15 is 0 Å². The summed E-state index contributed by atoms with van der Waals surface area (Å²) in [7, 11) is 0. The van der Waals surface area contributed by atoms with Crippen LogP contribution >= 0.6 is 22.9 Å². The lowest BCUT2D eigenvalue weighted by Gasteiger charge is -1.94. The third-order valence-corrected chi connectivity index (χ3v) is 3.70. The van der Waals surface area contributed by atoms with Crippen LogP contribution in [0.15, 0.2) is 28.9 Å². The number of aryl methyl sites for hydroxylation is 1. The fourth-order valence-electron chi connectivity index (χ4n) is 1.68. The van der Waals surface area contributed by atoms with Gasteiger partial charge in [-0.1, -0.05) is 16.8 Å². The highest BCUT2D eigenvalue weighted by Gasteiger charge is 2.17. The zero-order valence-electron chi connectivity index (χ0n) is 9.92. The third-order valence-electron chi connectivity index (χ3n) is 2.51. The second-order valence-electron chi connectivity index (χ2n) is 3.89. The van der Waals surface area contributed by atoms with Crippen LogP contribution in [-0.2, 0) is 0 Å². The Labute approximate surface area is 118 Å². The molecule has 0 bridgehead atoms. The first-order chi connectivity index (χ1) is 9.15. The van der Waals surface area contributed by atoms with Crippen LogP contribution < -0.4 is 5.73 Å². The normalized spacial score (nSPS) is 10.8. The molecule has 3 heterocycles. The highest BCUT2D eigenvalue weighted by molar-refractivity contribution is 7.16. The molecule has 0 unspecified atom stereocenters. The van der Waals surface area contributed by atoms with Gasteiger partial charge < -0.3 is 10.3 Å². The maximum absolute atomic E-state index is 6.04. The third kappa shape index (κ3) is 2.20. The van der Waals surface area contributed by atoms with E-state index in [1.54, 1.807) is 18.3 Å². The van der Waals surface area contributed by atoms with Crippen molar-refractivity contribution in [3.05, 3.63) is 34.3 Å². The van der Waals surface area contributed by atoms with E-state index < -0.39 is 0 Å². The molecule has 0 spiro atoms. The van der Waals surface area contributed by atoms with Gasteiger partial charge in [-0.05, 0) is 25.1 Å². The molecule has 0 aliphatic carbocycles. The summed E-state index contributed by atoms with van der Waals surface area (Å²) in [5.41, 5.74) is 7.13. The summed E-state index contributed by atoms with van der Waals surface area (Å²) in [4.78, 5) is 9.51. The molecule has 96 valence electrons. The van der Waals surface area contributed by atoms with Gasteiger partial charge in [-0.2, -0.15) is 4.98 Å². The molecule has 2 N–H and O–H groups in total. The summed E-state index contributed by atoms with van der Waals surface area (Å²) in [6, 6.07) is 5.38. The Balaban J connectivity index is 2.05. The maximum Gasteiger partial charge on any atom is 0.261 e. The van der Waals surface area contributed by atoms with Crippen molar-refractivity contribution in [1.29, 1.82) is 0 Å². The Bertz CT molecular complexity index is 737. The number of aromatic nitrogens is 3. The van der Waals surface area contributed by atoms with Gasteiger partial charge in [0.1, 0.15) is 5.69 Å². The largest absolute Gasteiger partial charge is 0.390 e. The molecule has 3 aromatic heterocycles. The van der Waals surface area contributed by atoms with E-state index in [9.17, 15) is 0 Å². The summed E-state index contributed by atoms with van der Waals surface area (Å²) < 4.78 is 5.22. The van der Waals surface area contributed by atoms with Crippen molar-refractivity contribution in [3.63, 3.8) is 0 Å². The van der Waals surface area contributed by atoms with Crippen molar-refractivity contribution in [1.82, 2.24) is 15.1 Å². The number of rotatable bonds is 2. The average molecular weight is 293 g/mol. The Morgan fingerprint density at radius 2 is 2.26 bits per heavy atom. The van der Waals surface area contributed by atoms with Gasteiger partial charge in [-0.3, -0.25) is 4.98 Å². The van der Waals surface area contributed by atoms with Crippen LogP contribution in [0, 0.1) is 6.92 Å². The number of halogens is 1. The zero-order chi connectivity index (χ0) is 13.4. The fourth-order valence-corrected chi connectivity index (χ4v) is 2.66. The Kier molecular flexibility index (Phi) is 2.96. The van der Waals surface area contributed by atoms with Gasteiger partial charge in [-0.15, -0.1) is 11.3 Å². The van der Waals surface area contributed by atoms with E-state index in [4.69, 9.17) is 21.9 Å². The van der Waals surface area contributed by atoms with Crippen LogP contribution in [0.5, 0.6) is 0 Å². The first-order valence-corrected chi connectivity index (χ1v) is 6.65. The van der Waals surface area contributed by atoms with Crippen LogP contribution in [-0.4, -0.2) is 15.1 Å². The van der Waals surface area contributed by atoms with Crippen molar-refractivity contribution in [2.45, 2.75) is 6.92 Å². The highest BCUT2D eigenvalue weighted by atomic mass is 35.5. The first-order valence-electron chi connectivity index (χ1n) is 5.46. The minimum absolute atomic E-state index is 0.351. The molecule has 19 heavy (non-hydrogen) atoms. The predicted molar refractivity (Wildman–Crippen MR) is 75.0 cm³/mol. The summed E-state index contributed by atoms with van der Waals surface area (Å²) in [6.07, 6.45) is 1.63. The molecule has 0 aliphatic heterocycles. The molecular weight excluding hydrogens is 284 g/mol. The highest BCUT2D eigenvalue weighted by Crippen LogP contribution is 2.33. The van der Waals surface area contributed by atoms with Gasteiger partial charge >= 0.3 is 0 Å². The van der Waals surface area contributed by atoms with Crippen molar-refractivity contribution in [2.75, 3.05) is 5.73 Å². The van der Waals surface area contributed by atoms with E-state index in [1.807, 2.05) is 13.0 Å². The van der Waals surface area contributed by atoms with Crippen LogP contribution in [0.2, 0.25) is 5.02 Å². The molecule has 0 fully saturated rings. The molecular formula is C12H9ClN4OS. The molecule has 0 atom stereocenters. The average Bonchev–Trinajstić information content (AvgIpc) is 2.96. The van der Waals surface area contributed by atoms with Crippen LogP contribution in [0.3, 0.4) is 0 Å². The molecule has 3 aromatic rings. The smallest absolute Gasteiger partial charge is 0.261 e. The molecule has 5 nitrogen and oxygen atoms in total. The van der Waals surface area contributed by atoms with Crippen LogP contribution in [0.4, 0.5) is 5.00 Å². The Morgan fingerprint density at radius 1 is 1.42 bits per heavy atom. The molecule has 0 amide bonds. The van der Waals surface area contributed by atoms with Crippen LogP contribution in [0.25, 0.3) is 23.0 Å². The maximum atomic E-state index is 6.04. The quantitative estimate of drug-likeness (QED) is 0.783. The zero-order valence-corrected chi connectivity index (χ0v) is 11.5. The van der Waals surface area contributed by atoms with E-state index in [2.05, 4.69) is 15.1 Å².